The van der Waals surface area contributed by atoms with E-state index in [1.165, 1.54) is 24.3 Å². The van der Waals surface area contributed by atoms with E-state index in [2.05, 4.69) is 0 Å². The summed E-state index contributed by atoms with van der Waals surface area (Å²) >= 11 is 0.971. The number of hydrogen-bond donors (Lipinski definition) is 4. The van der Waals surface area contributed by atoms with Gasteiger partial charge >= 0.3 is 24.1 Å². The molecule has 0 saturated carbocycles. The van der Waals surface area contributed by atoms with Crippen LogP contribution in [-0.4, -0.2) is 40.1 Å². The van der Waals surface area contributed by atoms with Crippen LogP contribution >= 0.6 is 11.3 Å². The lowest BCUT2D eigenvalue weighted by Crippen LogP contribution is -2.21. The molecule has 0 aliphatic rings. The molecule has 0 aliphatic heterocycles. The highest BCUT2D eigenvalue weighted by Crippen LogP contribution is 2.23. The van der Waals surface area contributed by atoms with Gasteiger partial charge in [-0.1, -0.05) is 0 Å². The predicted molar refractivity (Wildman–Crippen MR) is 91.7 cm³/mol. The minimum atomic E-state index is -5.08. The van der Waals surface area contributed by atoms with Crippen molar-refractivity contribution in [3.8, 4) is 5.75 Å². The van der Waals surface area contributed by atoms with Gasteiger partial charge in [0, 0.05) is 10.4 Å². The topological polar surface area (TPSA) is 151 Å². The molecule has 13 heteroatoms. The number of carboxylic acids is 2. The summed E-state index contributed by atoms with van der Waals surface area (Å²) in [5.74, 6) is -5.95. The zero-order valence-electron chi connectivity index (χ0n) is 14.1. The molecule has 0 saturated heterocycles. The van der Waals surface area contributed by atoms with Crippen LogP contribution in [0.25, 0.3) is 0 Å². The van der Waals surface area contributed by atoms with E-state index >= 15 is 0 Å². The molecular weight excluding hydrogens is 424 g/mol. The third-order valence-electron chi connectivity index (χ3n) is 2.88. The van der Waals surface area contributed by atoms with Crippen LogP contribution in [0.4, 0.5) is 17.6 Å². The molecule has 0 fully saturated rings. The molecule has 8 nitrogen and oxygen atoms in total. The lowest BCUT2D eigenvalue weighted by atomic mass is 10.2. The molecule has 156 valence electrons. The Balaban J connectivity index is 0.000000516. The number of amidine groups is 1. The minimum Gasteiger partial charge on any atom is -0.481 e. The molecular formula is C16H12F4N2O6S. The quantitative estimate of drug-likeness (QED) is 0.185. The van der Waals surface area contributed by atoms with Crippen LogP contribution < -0.4 is 10.5 Å². The van der Waals surface area contributed by atoms with Crippen molar-refractivity contribution in [3.63, 3.8) is 0 Å². The fraction of sp³-hybridized carbons (Fsp3) is 0.125. The second-order valence-corrected chi connectivity index (χ2v) is 6.26. The number of carboxylic acid groups (broad SMARTS) is 2. The molecule has 0 aliphatic carbocycles. The number of ether oxygens (including phenoxy) is 1. The van der Waals surface area contributed by atoms with E-state index < -0.39 is 29.9 Å². The molecule has 0 amide bonds. The molecule has 5 N–H and O–H groups in total. The molecule has 1 aromatic heterocycles. The Bertz CT molecular complexity index is 942. The van der Waals surface area contributed by atoms with Gasteiger partial charge in [0.1, 0.15) is 10.7 Å². The summed E-state index contributed by atoms with van der Waals surface area (Å²) in [6.45, 7) is 0. The highest BCUT2D eigenvalue weighted by Gasteiger charge is 2.38. The first kappa shape index (κ1) is 23.6. The van der Waals surface area contributed by atoms with Gasteiger partial charge in [-0.3, -0.25) is 10.2 Å². The number of thiophene rings is 1. The normalized spacial score (nSPS) is 10.5. The zero-order chi connectivity index (χ0) is 22.4. The van der Waals surface area contributed by atoms with E-state index in [-0.39, 0.29) is 28.4 Å². The van der Waals surface area contributed by atoms with E-state index in [9.17, 15) is 27.2 Å². The Morgan fingerprint density at radius 2 is 1.72 bits per heavy atom. The SMILES string of the molecule is N=C(N)c1ccc(OC(=O)c2ccc(CC(=O)O)s2)c(F)c1.O=C(O)C(F)(F)F. The number of benzene rings is 1. The molecule has 0 spiro atoms. The monoisotopic (exact) mass is 436 g/mol. The number of nitrogens with two attached hydrogens (primary N) is 1. The largest absolute Gasteiger partial charge is 0.490 e. The van der Waals surface area contributed by atoms with Gasteiger partial charge in [0.15, 0.2) is 11.6 Å². The molecule has 1 aromatic carbocycles. The number of alkyl halides is 3. The van der Waals surface area contributed by atoms with Gasteiger partial charge in [-0.2, -0.15) is 13.2 Å². The number of rotatable bonds is 5. The average molecular weight is 436 g/mol. The number of halogens is 4. The standard InChI is InChI=1S/C14H11FN2O4S.C2HF3O2/c15-9-5-7(13(16)17)1-3-10(9)21-14(20)11-4-2-8(22-11)6-12(18)19;3-2(4,5)1(6)7/h1-5H,6H2,(H3,16,17)(H,18,19);(H,6,7). The number of nitrogens with one attached hydrogen (secondary N) is 1. The van der Waals surface area contributed by atoms with E-state index in [0.29, 0.717) is 4.88 Å². The molecule has 0 radical (unpaired) electrons. The highest BCUT2D eigenvalue weighted by atomic mass is 32.1. The van der Waals surface area contributed by atoms with E-state index in [0.717, 1.165) is 17.4 Å². The van der Waals surface area contributed by atoms with Crippen LogP contribution in [0, 0.1) is 11.2 Å². The summed E-state index contributed by atoms with van der Waals surface area (Å²) in [4.78, 5) is 32.0. The van der Waals surface area contributed by atoms with Crippen molar-refractivity contribution < 1.29 is 46.9 Å². The average Bonchev–Trinajstić information content (AvgIpc) is 3.04. The van der Waals surface area contributed by atoms with Crippen molar-refractivity contribution >= 4 is 35.1 Å². The third-order valence-corrected chi connectivity index (χ3v) is 3.94. The van der Waals surface area contributed by atoms with Crippen LogP contribution in [0.3, 0.4) is 0 Å². The Morgan fingerprint density at radius 1 is 1.14 bits per heavy atom. The molecule has 0 bridgehead atoms. The summed E-state index contributed by atoms with van der Waals surface area (Å²) in [5, 5.41) is 23.0. The van der Waals surface area contributed by atoms with Gasteiger partial charge in [-0.15, -0.1) is 11.3 Å². The maximum Gasteiger partial charge on any atom is 0.490 e. The van der Waals surface area contributed by atoms with Crippen molar-refractivity contribution in [1.82, 2.24) is 0 Å². The van der Waals surface area contributed by atoms with Gasteiger partial charge in [0.2, 0.25) is 0 Å². The van der Waals surface area contributed by atoms with Crippen molar-refractivity contribution in [2.24, 2.45) is 5.73 Å². The molecule has 0 unspecified atom stereocenters. The van der Waals surface area contributed by atoms with Crippen LogP contribution in [0.15, 0.2) is 30.3 Å². The van der Waals surface area contributed by atoms with Gasteiger partial charge in [0.25, 0.3) is 0 Å². The first-order valence-electron chi connectivity index (χ1n) is 7.28. The fourth-order valence-electron chi connectivity index (χ4n) is 1.63. The van der Waals surface area contributed by atoms with Crippen LogP contribution in [0.5, 0.6) is 5.75 Å². The van der Waals surface area contributed by atoms with E-state index in [1.807, 2.05) is 0 Å². The van der Waals surface area contributed by atoms with Gasteiger partial charge in [-0.25, -0.2) is 14.0 Å². The van der Waals surface area contributed by atoms with E-state index in [4.69, 9.17) is 30.9 Å². The predicted octanol–water partition coefficient (Wildman–Crippen LogP) is 2.65. The summed E-state index contributed by atoms with van der Waals surface area (Å²) in [6.07, 6.45) is -5.28. The zero-order valence-corrected chi connectivity index (χ0v) is 14.9. The lowest BCUT2D eigenvalue weighted by Gasteiger charge is -2.05. The third kappa shape index (κ3) is 7.57. The first-order valence-corrected chi connectivity index (χ1v) is 8.09. The number of carbonyl (C=O) groups is 3. The molecule has 0 atom stereocenters. The van der Waals surface area contributed by atoms with Crippen LogP contribution in [-0.2, 0) is 16.0 Å². The van der Waals surface area contributed by atoms with Crippen molar-refractivity contribution in [2.75, 3.05) is 0 Å². The summed E-state index contributed by atoms with van der Waals surface area (Å²) in [5.41, 5.74) is 5.41. The Hall–Kier alpha value is -3.48. The number of aliphatic carboxylic acids is 2. The van der Waals surface area contributed by atoms with Gasteiger partial charge < -0.3 is 20.7 Å². The Labute approximate surface area is 163 Å². The maximum absolute atomic E-state index is 13.8. The molecule has 1 heterocycles. The van der Waals surface area contributed by atoms with Crippen molar-refractivity contribution in [1.29, 1.82) is 5.41 Å². The Kier molecular flexibility index (Phi) is 7.83. The van der Waals surface area contributed by atoms with Gasteiger partial charge in [-0.05, 0) is 30.3 Å². The minimum absolute atomic E-state index is 0.172. The number of hydrogen-bond acceptors (Lipinski definition) is 6. The second kappa shape index (κ2) is 9.64. The summed E-state index contributed by atoms with van der Waals surface area (Å²) < 4.78 is 50.4. The first-order chi connectivity index (χ1) is 13.3. The Morgan fingerprint density at radius 3 is 2.17 bits per heavy atom. The second-order valence-electron chi connectivity index (χ2n) is 5.09. The van der Waals surface area contributed by atoms with Gasteiger partial charge in [0.05, 0.1) is 6.42 Å². The smallest absolute Gasteiger partial charge is 0.481 e. The van der Waals surface area contributed by atoms with E-state index in [1.54, 1.807) is 0 Å². The lowest BCUT2D eigenvalue weighted by molar-refractivity contribution is -0.192. The maximum atomic E-state index is 13.8. The highest BCUT2D eigenvalue weighted by molar-refractivity contribution is 7.14. The number of esters is 1. The molecule has 2 aromatic rings. The van der Waals surface area contributed by atoms with Crippen LogP contribution in [0.2, 0.25) is 0 Å². The summed E-state index contributed by atoms with van der Waals surface area (Å²) in [7, 11) is 0. The van der Waals surface area contributed by atoms with Crippen molar-refractivity contribution in [2.45, 2.75) is 12.6 Å². The van der Waals surface area contributed by atoms with Crippen LogP contribution in [0.1, 0.15) is 20.1 Å². The summed E-state index contributed by atoms with van der Waals surface area (Å²) in [6, 6.07) is 6.49. The molecule has 2 rings (SSSR count). The fourth-order valence-corrected chi connectivity index (χ4v) is 2.51. The molecule has 29 heavy (non-hydrogen) atoms. The number of carbonyl (C=O) groups excluding carboxylic acids is 1. The van der Waals surface area contributed by atoms with Crippen molar-refractivity contribution in [3.05, 3.63) is 51.5 Å². The number of nitrogen functional groups attached to an aromatic ring is 1.